The van der Waals surface area contributed by atoms with Crippen LogP contribution in [0.4, 0.5) is 0 Å². The molecule has 1 aromatic carbocycles. The van der Waals surface area contributed by atoms with Gasteiger partial charge in [-0.25, -0.2) is 0 Å². The number of unbranched alkanes of at least 4 members (excludes halogenated alkanes) is 1. The maximum atomic E-state index is 12.0. The van der Waals surface area contributed by atoms with E-state index in [-0.39, 0.29) is 5.91 Å². The van der Waals surface area contributed by atoms with Crippen molar-refractivity contribution in [3.05, 3.63) is 29.8 Å². The Morgan fingerprint density at radius 3 is 2.47 bits per heavy atom. The Kier molecular flexibility index (Phi) is 5.83. The zero-order chi connectivity index (χ0) is 14.3. The molecule has 0 atom stereocenters. The number of benzene rings is 1. The van der Waals surface area contributed by atoms with E-state index in [1.807, 2.05) is 26.0 Å². The Morgan fingerprint density at radius 1 is 1.32 bits per heavy atom. The molecule has 0 radical (unpaired) electrons. The second-order valence-electron chi connectivity index (χ2n) is 5.27. The fourth-order valence-corrected chi connectivity index (χ4v) is 1.47. The lowest BCUT2D eigenvalue weighted by molar-refractivity contribution is 0.0915. The molecule has 0 saturated heterocycles. The van der Waals surface area contributed by atoms with E-state index in [4.69, 9.17) is 10.5 Å². The van der Waals surface area contributed by atoms with E-state index >= 15 is 0 Å². The van der Waals surface area contributed by atoms with Crippen LogP contribution < -0.4 is 15.8 Å². The minimum absolute atomic E-state index is 0.115. The van der Waals surface area contributed by atoms with E-state index in [1.54, 1.807) is 12.1 Å². The van der Waals surface area contributed by atoms with Crippen LogP contribution in [0.5, 0.6) is 5.75 Å². The summed E-state index contributed by atoms with van der Waals surface area (Å²) in [6.45, 7) is 7.02. The first-order valence-electron chi connectivity index (χ1n) is 6.74. The van der Waals surface area contributed by atoms with Crippen molar-refractivity contribution in [3.63, 3.8) is 0 Å². The third-order valence-corrected chi connectivity index (χ3v) is 2.85. The van der Waals surface area contributed by atoms with Gasteiger partial charge in [-0.05, 0) is 44.5 Å². The predicted molar refractivity (Wildman–Crippen MR) is 77.4 cm³/mol. The normalized spacial score (nSPS) is 11.2. The van der Waals surface area contributed by atoms with E-state index in [9.17, 15) is 4.79 Å². The van der Waals surface area contributed by atoms with Crippen LogP contribution in [0.3, 0.4) is 0 Å². The average molecular weight is 264 g/mol. The lowest BCUT2D eigenvalue weighted by Crippen LogP contribution is -2.48. The summed E-state index contributed by atoms with van der Waals surface area (Å²) < 4.78 is 5.55. The zero-order valence-electron chi connectivity index (χ0n) is 12.0. The molecule has 1 rings (SSSR count). The molecule has 1 amide bonds. The van der Waals surface area contributed by atoms with Crippen LogP contribution in [-0.4, -0.2) is 24.6 Å². The van der Waals surface area contributed by atoms with E-state index in [0.29, 0.717) is 18.7 Å². The van der Waals surface area contributed by atoms with Gasteiger partial charge in [0.25, 0.3) is 5.91 Å². The number of rotatable bonds is 7. The summed E-state index contributed by atoms with van der Waals surface area (Å²) in [6.07, 6.45) is 2.14. The van der Waals surface area contributed by atoms with E-state index in [2.05, 4.69) is 12.2 Å². The molecule has 4 nitrogen and oxygen atoms in total. The predicted octanol–water partition coefficient (Wildman–Crippen LogP) is 2.33. The molecule has 0 fully saturated rings. The first-order chi connectivity index (χ1) is 8.98. The summed E-state index contributed by atoms with van der Waals surface area (Å²) in [7, 11) is 0. The van der Waals surface area contributed by atoms with Crippen LogP contribution in [0.25, 0.3) is 0 Å². The maximum Gasteiger partial charge on any atom is 0.251 e. The fourth-order valence-electron chi connectivity index (χ4n) is 1.47. The number of nitrogens with two attached hydrogens (primary N) is 1. The van der Waals surface area contributed by atoms with Crippen molar-refractivity contribution < 1.29 is 9.53 Å². The highest BCUT2D eigenvalue weighted by molar-refractivity contribution is 5.94. The lowest BCUT2D eigenvalue weighted by Gasteiger charge is -2.24. The number of nitrogens with one attached hydrogen (secondary N) is 1. The second kappa shape index (κ2) is 7.14. The van der Waals surface area contributed by atoms with Crippen LogP contribution in [0.2, 0.25) is 0 Å². The third kappa shape index (κ3) is 5.30. The third-order valence-electron chi connectivity index (χ3n) is 2.85. The highest BCUT2D eigenvalue weighted by Gasteiger charge is 2.18. The molecular formula is C15H24N2O2. The van der Waals surface area contributed by atoms with Crippen molar-refractivity contribution in [2.24, 2.45) is 5.73 Å². The molecule has 4 heteroatoms. The first-order valence-corrected chi connectivity index (χ1v) is 6.74. The SMILES string of the molecule is CCCCOc1ccc(C(=O)NC(C)(C)CN)cc1. The highest BCUT2D eigenvalue weighted by Crippen LogP contribution is 2.13. The maximum absolute atomic E-state index is 12.0. The van der Waals surface area contributed by atoms with Crippen LogP contribution in [0.15, 0.2) is 24.3 Å². The smallest absolute Gasteiger partial charge is 0.251 e. The minimum atomic E-state index is -0.395. The van der Waals surface area contributed by atoms with Crippen LogP contribution >= 0.6 is 0 Å². The molecule has 0 bridgehead atoms. The van der Waals surface area contributed by atoms with Crippen LogP contribution in [0, 0.1) is 0 Å². The van der Waals surface area contributed by atoms with Gasteiger partial charge in [0, 0.05) is 17.6 Å². The summed E-state index contributed by atoms with van der Waals surface area (Å²) in [4.78, 5) is 12.0. The van der Waals surface area contributed by atoms with Crippen molar-refractivity contribution in [2.45, 2.75) is 39.2 Å². The summed E-state index contributed by atoms with van der Waals surface area (Å²) in [6, 6.07) is 7.17. The number of carbonyl (C=O) groups excluding carboxylic acids is 1. The van der Waals surface area contributed by atoms with E-state index in [1.165, 1.54) is 0 Å². The molecule has 3 N–H and O–H groups in total. The van der Waals surface area contributed by atoms with Crippen molar-refractivity contribution in [3.8, 4) is 5.75 Å². The summed E-state index contributed by atoms with van der Waals surface area (Å²) in [5.41, 5.74) is 5.81. The van der Waals surface area contributed by atoms with E-state index in [0.717, 1.165) is 18.6 Å². The molecule has 0 aliphatic rings. The molecule has 0 heterocycles. The number of carbonyl (C=O) groups is 1. The topological polar surface area (TPSA) is 64.3 Å². The standard InChI is InChI=1S/C15H24N2O2/c1-4-5-10-19-13-8-6-12(7-9-13)14(18)17-15(2,3)11-16/h6-9H,4-5,10-11,16H2,1-3H3,(H,17,18). The Balaban J connectivity index is 2.58. The number of hydrogen-bond donors (Lipinski definition) is 2. The Morgan fingerprint density at radius 2 is 1.95 bits per heavy atom. The van der Waals surface area contributed by atoms with Gasteiger partial charge in [0.15, 0.2) is 0 Å². The Bertz CT molecular complexity index is 399. The molecule has 0 aliphatic carbocycles. The van der Waals surface area contributed by atoms with Crippen molar-refractivity contribution in [1.82, 2.24) is 5.32 Å². The van der Waals surface area contributed by atoms with Crippen LogP contribution in [-0.2, 0) is 0 Å². The first kappa shape index (κ1) is 15.5. The lowest BCUT2D eigenvalue weighted by atomic mass is 10.1. The molecule has 0 aliphatic heterocycles. The minimum Gasteiger partial charge on any atom is -0.494 e. The second-order valence-corrected chi connectivity index (χ2v) is 5.27. The zero-order valence-corrected chi connectivity index (χ0v) is 12.0. The summed E-state index contributed by atoms with van der Waals surface area (Å²) >= 11 is 0. The van der Waals surface area contributed by atoms with Gasteiger partial charge in [-0.15, -0.1) is 0 Å². The Hall–Kier alpha value is -1.55. The van der Waals surface area contributed by atoms with Crippen molar-refractivity contribution >= 4 is 5.91 Å². The molecule has 1 aromatic rings. The van der Waals surface area contributed by atoms with Gasteiger partial charge in [0.05, 0.1) is 6.61 Å². The average Bonchev–Trinajstić information content (AvgIpc) is 2.39. The largest absolute Gasteiger partial charge is 0.494 e. The van der Waals surface area contributed by atoms with Crippen molar-refractivity contribution in [2.75, 3.05) is 13.2 Å². The molecular weight excluding hydrogens is 240 g/mol. The van der Waals surface area contributed by atoms with Gasteiger partial charge in [-0.2, -0.15) is 0 Å². The van der Waals surface area contributed by atoms with Crippen molar-refractivity contribution in [1.29, 1.82) is 0 Å². The molecule has 0 unspecified atom stereocenters. The van der Waals surface area contributed by atoms with E-state index < -0.39 is 5.54 Å². The summed E-state index contributed by atoms with van der Waals surface area (Å²) in [5, 5.41) is 2.89. The fraction of sp³-hybridized carbons (Fsp3) is 0.533. The number of hydrogen-bond acceptors (Lipinski definition) is 3. The highest BCUT2D eigenvalue weighted by atomic mass is 16.5. The quantitative estimate of drug-likeness (QED) is 0.743. The molecule has 19 heavy (non-hydrogen) atoms. The Labute approximate surface area is 115 Å². The van der Waals surface area contributed by atoms with Gasteiger partial charge in [0.1, 0.15) is 5.75 Å². The number of ether oxygens (including phenoxy) is 1. The summed E-state index contributed by atoms with van der Waals surface area (Å²) in [5.74, 6) is 0.679. The number of amides is 1. The molecule has 0 spiro atoms. The van der Waals surface area contributed by atoms with Gasteiger partial charge in [0.2, 0.25) is 0 Å². The van der Waals surface area contributed by atoms with Gasteiger partial charge >= 0.3 is 0 Å². The van der Waals surface area contributed by atoms with Gasteiger partial charge in [-0.1, -0.05) is 13.3 Å². The molecule has 106 valence electrons. The van der Waals surface area contributed by atoms with Gasteiger partial charge < -0.3 is 15.8 Å². The molecule has 0 saturated carbocycles. The molecule has 0 aromatic heterocycles. The monoisotopic (exact) mass is 264 g/mol. The van der Waals surface area contributed by atoms with Crippen LogP contribution in [0.1, 0.15) is 44.0 Å². The van der Waals surface area contributed by atoms with Gasteiger partial charge in [-0.3, -0.25) is 4.79 Å².